The topological polar surface area (TPSA) is 0 Å². The van der Waals surface area contributed by atoms with Gasteiger partial charge in [0.15, 0.2) is 0 Å². The molecule has 1 heteroatoms. The molecule has 0 aromatic carbocycles. The fraction of sp³-hybridized carbons (Fsp3) is 0.750. The highest BCUT2D eigenvalue weighted by Gasteiger charge is 1.91. The van der Waals surface area contributed by atoms with Crippen LogP contribution in [-0.4, -0.2) is 8.80 Å². The van der Waals surface area contributed by atoms with E-state index in [2.05, 4.69) is 33.0 Å². The molecule has 0 heterocycles. The molecule has 0 unspecified atom stereocenters. The third-order valence-corrected chi connectivity index (χ3v) is 2.78. The molecule has 0 amide bonds. The Balaban J connectivity index is 3.20. The predicted molar refractivity (Wildman–Crippen MR) is 47.7 cm³/mol. The Morgan fingerprint density at radius 1 is 1.33 bits per heavy atom. The molecule has 0 fully saturated rings. The van der Waals surface area contributed by atoms with Crippen molar-refractivity contribution in [1.82, 2.24) is 0 Å². The van der Waals surface area contributed by atoms with Crippen molar-refractivity contribution in [2.75, 3.05) is 0 Å². The van der Waals surface area contributed by atoms with Gasteiger partial charge in [-0.3, -0.25) is 0 Å². The van der Waals surface area contributed by atoms with Crippen molar-refractivity contribution in [2.45, 2.75) is 39.4 Å². The van der Waals surface area contributed by atoms with Crippen molar-refractivity contribution in [3.8, 4) is 0 Å². The third-order valence-electron chi connectivity index (χ3n) is 1.30. The highest BCUT2D eigenvalue weighted by molar-refractivity contribution is 6.55. The molecule has 0 aliphatic heterocycles. The maximum Gasteiger partial charge on any atom is 0.0308 e. The number of hydrogen-bond acceptors (Lipinski definition) is 0. The second-order valence-electron chi connectivity index (χ2n) is 3.25. The van der Waals surface area contributed by atoms with Crippen molar-refractivity contribution in [1.29, 1.82) is 0 Å². The minimum Gasteiger partial charge on any atom is -0.0862 e. The van der Waals surface area contributed by atoms with Gasteiger partial charge >= 0.3 is 0 Å². The average Bonchev–Trinajstić information content (AvgIpc) is 1.63. The molecule has 54 valence electrons. The van der Waals surface area contributed by atoms with Crippen LogP contribution in [0, 0.1) is 0 Å². The van der Waals surface area contributed by atoms with E-state index in [0.717, 1.165) is 0 Å². The van der Waals surface area contributed by atoms with Crippen molar-refractivity contribution in [3.05, 3.63) is 11.6 Å². The Morgan fingerprint density at radius 2 is 1.89 bits per heavy atom. The van der Waals surface area contributed by atoms with E-state index in [9.17, 15) is 0 Å². The molecule has 0 bridgehead atoms. The molecule has 0 radical (unpaired) electrons. The van der Waals surface area contributed by atoms with Crippen LogP contribution in [0.1, 0.15) is 20.3 Å². The van der Waals surface area contributed by atoms with E-state index in [-0.39, 0.29) is 8.80 Å². The Morgan fingerprint density at radius 3 is 2.22 bits per heavy atom. The van der Waals surface area contributed by atoms with Gasteiger partial charge in [0.05, 0.1) is 0 Å². The normalized spacial score (nSPS) is 9.89. The van der Waals surface area contributed by atoms with E-state index in [1.165, 1.54) is 18.0 Å². The maximum atomic E-state index is 2.40. The van der Waals surface area contributed by atoms with Crippen molar-refractivity contribution in [2.24, 2.45) is 0 Å². The van der Waals surface area contributed by atoms with Crippen LogP contribution in [0.3, 0.4) is 0 Å². The second kappa shape index (κ2) is 4.80. The van der Waals surface area contributed by atoms with Gasteiger partial charge in [-0.05, 0) is 20.3 Å². The summed E-state index contributed by atoms with van der Waals surface area (Å²) in [5.41, 5.74) is 1.46. The standard InChI is InChI=1S/C8H18Si/c1-8(2)6-5-7-9(3)4/h6,9H,5,7H2,1-4H3. The van der Waals surface area contributed by atoms with E-state index in [1.54, 1.807) is 0 Å². The monoisotopic (exact) mass is 142 g/mol. The molecule has 0 saturated heterocycles. The minimum atomic E-state index is -0.274. The second-order valence-corrected chi connectivity index (χ2v) is 6.62. The number of rotatable bonds is 3. The summed E-state index contributed by atoms with van der Waals surface area (Å²) in [5, 5.41) is 0. The Labute approximate surface area is 60.6 Å². The molecule has 0 aliphatic carbocycles. The molecular formula is C8H18Si. The van der Waals surface area contributed by atoms with Gasteiger partial charge in [-0.25, -0.2) is 0 Å². The lowest BCUT2D eigenvalue weighted by atomic mass is 10.3. The molecule has 0 rings (SSSR count). The average molecular weight is 142 g/mol. The Bertz CT molecular complexity index is 88.7. The van der Waals surface area contributed by atoms with Crippen molar-refractivity contribution < 1.29 is 0 Å². The van der Waals surface area contributed by atoms with Crippen LogP contribution in [0.2, 0.25) is 19.1 Å². The van der Waals surface area contributed by atoms with Crippen LogP contribution < -0.4 is 0 Å². The number of hydrogen-bond donors (Lipinski definition) is 0. The van der Waals surface area contributed by atoms with Gasteiger partial charge in [-0.2, -0.15) is 0 Å². The van der Waals surface area contributed by atoms with Crippen LogP contribution in [-0.2, 0) is 0 Å². The summed E-state index contributed by atoms with van der Waals surface area (Å²) in [6, 6.07) is 1.46. The molecule has 0 aromatic heterocycles. The summed E-state index contributed by atoms with van der Waals surface area (Å²) >= 11 is 0. The van der Waals surface area contributed by atoms with E-state index in [4.69, 9.17) is 0 Å². The minimum absolute atomic E-state index is 0.274. The lowest BCUT2D eigenvalue weighted by Crippen LogP contribution is -1.96. The van der Waals surface area contributed by atoms with Crippen LogP contribution in [0.15, 0.2) is 11.6 Å². The third kappa shape index (κ3) is 7.96. The SMILES string of the molecule is CC(C)=CCC[SiH](C)C. The Kier molecular flexibility index (Phi) is 4.78. The lowest BCUT2D eigenvalue weighted by molar-refractivity contribution is 1.15. The highest BCUT2D eigenvalue weighted by Crippen LogP contribution is 2.00. The molecule has 0 nitrogen and oxygen atoms in total. The molecule has 0 aliphatic rings. The first-order valence-electron chi connectivity index (χ1n) is 3.76. The summed E-state index contributed by atoms with van der Waals surface area (Å²) in [5.74, 6) is 0. The first-order valence-corrected chi connectivity index (χ1v) is 6.89. The van der Waals surface area contributed by atoms with Gasteiger partial charge in [0, 0.05) is 8.80 Å². The van der Waals surface area contributed by atoms with Crippen LogP contribution in [0.4, 0.5) is 0 Å². The fourth-order valence-corrected chi connectivity index (χ4v) is 1.54. The lowest BCUT2D eigenvalue weighted by Gasteiger charge is -1.97. The van der Waals surface area contributed by atoms with E-state index < -0.39 is 0 Å². The van der Waals surface area contributed by atoms with Crippen LogP contribution in [0.25, 0.3) is 0 Å². The first kappa shape index (κ1) is 8.96. The molecule has 0 saturated carbocycles. The molecule has 0 atom stereocenters. The van der Waals surface area contributed by atoms with Gasteiger partial charge in [0.25, 0.3) is 0 Å². The molecule has 0 aromatic rings. The van der Waals surface area contributed by atoms with Gasteiger partial charge in [-0.15, -0.1) is 0 Å². The van der Waals surface area contributed by atoms with Crippen molar-refractivity contribution >= 4 is 8.80 Å². The fourth-order valence-electron chi connectivity index (χ4n) is 0.705. The largest absolute Gasteiger partial charge is 0.0862 e. The summed E-state index contributed by atoms with van der Waals surface area (Å²) in [6.07, 6.45) is 3.65. The first-order chi connectivity index (χ1) is 4.13. The zero-order chi connectivity index (χ0) is 7.28. The van der Waals surface area contributed by atoms with E-state index in [1.807, 2.05) is 0 Å². The van der Waals surface area contributed by atoms with Gasteiger partial charge in [-0.1, -0.05) is 30.8 Å². The van der Waals surface area contributed by atoms with Crippen LogP contribution >= 0.6 is 0 Å². The summed E-state index contributed by atoms with van der Waals surface area (Å²) in [7, 11) is -0.274. The predicted octanol–water partition coefficient (Wildman–Crippen LogP) is 2.83. The van der Waals surface area contributed by atoms with Gasteiger partial charge < -0.3 is 0 Å². The molecule has 0 N–H and O–H groups in total. The van der Waals surface area contributed by atoms with E-state index >= 15 is 0 Å². The maximum absolute atomic E-state index is 2.40. The Hall–Kier alpha value is -0.0431. The quantitative estimate of drug-likeness (QED) is 0.420. The summed E-state index contributed by atoms with van der Waals surface area (Å²) in [6.45, 7) is 9.14. The summed E-state index contributed by atoms with van der Waals surface area (Å²) in [4.78, 5) is 0. The molecule has 9 heavy (non-hydrogen) atoms. The molecular weight excluding hydrogens is 124 g/mol. The van der Waals surface area contributed by atoms with Crippen molar-refractivity contribution in [3.63, 3.8) is 0 Å². The summed E-state index contributed by atoms with van der Waals surface area (Å²) < 4.78 is 0. The number of allylic oxidation sites excluding steroid dienone is 2. The van der Waals surface area contributed by atoms with E-state index in [0.29, 0.717) is 0 Å². The van der Waals surface area contributed by atoms with Gasteiger partial charge in [0.2, 0.25) is 0 Å². The zero-order valence-electron chi connectivity index (χ0n) is 7.07. The van der Waals surface area contributed by atoms with Gasteiger partial charge in [0.1, 0.15) is 0 Å². The zero-order valence-corrected chi connectivity index (χ0v) is 8.22. The molecule has 0 spiro atoms. The smallest absolute Gasteiger partial charge is 0.0308 e. The van der Waals surface area contributed by atoms with Crippen LogP contribution in [0.5, 0.6) is 0 Å². The highest BCUT2D eigenvalue weighted by atomic mass is 28.3.